The van der Waals surface area contributed by atoms with Crippen LogP contribution in [0.15, 0.2) is 47.8 Å². The molecular weight excluding hydrogens is 421 g/mol. The number of halogens is 3. The van der Waals surface area contributed by atoms with E-state index in [2.05, 4.69) is 25.1 Å². The van der Waals surface area contributed by atoms with Crippen LogP contribution in [-0.2, 0) is 10.4 Å². The molecule has 1 atom stereocenters. The van der Waals surface area contributed by atoms with Gasteiger partial charge in [0.25, 0.3) is 0 Å². The summed E-state index contributed by atoms with van der Waals surface area (Å²) in [4.78, 5) is 9.83. The van der Waals surface area contributed by atoms with Crippen molar-refractivity contribution >= 4 is 17.2 Å². The third kappa shape index (κ3) is 4.51. The van der Waals surface area contributed by atoms with Gasteiger partial charge in [0.05, 0.1) is 12.6 Å². The molecule has 156 valence electrons. The number of pyridine rings is 1. The number of nitrogens with zero attached hydrogens (tertiary/aromatic N) is 4. The van der Waals surface area contributed by atoms with Gasteiger partial charge in [0, 0.05) is 0 Å². The Kier molecular flexibility index (Phi) is 5.06. The molecule has 1 aliphatic rings. The topological polar surface area (TPSA) is 78.7 Å². The second-order valence-electron chi connectivity index (χ2n) is 6.66. The van der Waals surface area contributed by atoms with Crippen molar-refractivity contribution < 1.29 is 27.5 Å². The van der Waals surface area contributed by atoms with E-state index in [1.54, 1.807) is 25.3 Å². The fourth-order valence-corrected chi connectivity index (χ4v) is 3.50. The quantitative estimate of drug-likeness (QED) is 0.583. The Morgan fingerprint density at radius 2 is 1.80 bits per heavy atom. The summed E-state index contributed by atoms with van der Waals surface area (Å²) in [5, 5.41) is 13.5. The van der Waals surface area contributed by atoms with Gasteiger partial charge in [0.2, 0.25) is 5.90 Å². The number of aryl methyl sites for hydroxylation is 1. The largest absolute Gasteiger partial charge is 0.573 e. The molecule has 3 heterocycles. The average molecular weight is 436 g/mol. The number of oxime groups is 1. The molecule has 0 amide bonds. The van der Waals surface area contributed by atoms with Gasteiger partial charge in [-0.05, 0) is 43.7 Å². The van der Waals surface area contributed by atoms with Crippen LogP contribution in [0.2, 0.25) is 0 Å². The summed E-state index contributed by atoms with van der Waals surface area (Å²) in [6.07, 6.45) is -2.89. The third-order valence-corrected chi connectivity index (χ3v) is 5.11. The summed E-state index contributed by atoms with van der Waals surface area (Å²) in [5.74, 6) is 0.497. The molecule has 11 heteroatoms. The summed E-state index contributed by atoms with van der Waals surface area (Å²) in [5.41, 5.74) is 0.451. The highest BCUT2D eigenvalue weighted by atomic mass is 32.1. The van der Waals surface area contributed by atoms with E-state index in [1.165, 1.54) is 35.6 Å². The maximum atomic E-state index is 12.3. The Morgan fingerprint density at radius 1 is 1.07 bits per heavy atom. The standard InChI is InChI=1S/C19H15F3N4O3S/c1-11-24-25-17(30-11)15-8-7-14(10-23-15)27-16-9-18(2,29-26-16)12-3-5-13(6-4-12)28-19(20,21)22/h3-8,10H,9H2,1-2H3/t18-/m0/s1. The van der Waals surface area contributed by atoms with E-state index in [1.807, 2.05) is 6.92 Å². The van der Waals surface area contributed by atoms with Crippen molar-refractivity contribution in [1.29, 1.82) is 0 Å². The Bertz CT molecular complexity index is 1070. The van der Waals surface area contributed by atoms with E-state index in [4.69, 9.17) is 9.57 Å². The van der Waals surface area contributed by atoms with Crippen LogP contribution in [0.5, 0.6) is 11.5 Å². The average Bonchev–Trinajstić information content (AvgIpc) is 3.28. The van der Waals surface area contributed by atoms with Crippen molar-refractivity contribution in [3.05, 3.63) is 53.2 Å². The van der Waals surface area contributed by atoms with E-state index < -0.39 is 12.0 Å². The molecule has 0 radical (unpaired) electrons. The lowest BCUT2D eigenvalue weighted by atomic mass is 9.93. The number of hydrogen-bond acceptors (Lipinski definition) is 8. The van der Waals surface area contributed by atoms with Gasteiger partial charge < -0.3 is 14.3 Å². The summed E-state index contributed by atoms with van der Waals surface area (Å²) < 4.78 is 46.5. The number of aromatic nitrogens is 3. The van der Waals surface area contributed by atoms with Crippen molar-refractivity contribution in [3.63, 3.8) is 0 Å². The normalized spacial score (nSPS) is 18.6. The second-order valence-corrected chi connectivity index (χ2v) is 7.85. The molecule has 1 aliphatic heterocycles. The van der Waals surface area contributed by atoms with Crippen molar-refractivity contribution in [2.75, 3.05) is 0 Å². The SMILES string of the molecule is Cc1nnc(-c2ccc(OC3=NO[C@](C)(c4ccc(OC(F)(F)F)cc4)C3)cn2)s1. The zero-order valence-electron chi connectivity index (χ0n) is 15.8. The van der Waals surface area contributed by atoms with E-state index in [0.717, 1.165) is 5.01 Å². The van der Waals surface area contributed by atoms with Gasteiger partial charge in [0.15, 0.2) is 10.6 Å². The first-order valence-electron chi connectivity index (χ1n) is 8.76. The maximum absolute atomic E-state index is 12.3. The van der Waals surface area contributed by atoms with E-state index in [0.29, 0.717) is 34.3 Å². The van der Waals surface area contributed by atoms with E-state index >= 15 is 0 Å². The van der Waals surface area contributed by atoms with Crippen LogP contribution < -0.4 is 9.47 Å². The lowest BCUT2D eigenvalue weighted by molar-refractivity contribution is -0.274. The van der Waals surface area contributed by atoms with E-state index in [9.17, 15) is 13.2 Å². The number of benzene rings is 1. The fourth-order valence-electron chi connectivity index (χ4n) is 2.83. The highest BCUT2D eigenvalue weighted by Gasteiger charge is 2.38. The molecule has 30 heavy (non-hydrogen) atoms. The molecule has 0 fully saturated rings. The molecule has 3 aromatic rings. The lowest BCUT2D eigenvalue weighted by Crippen LogP contribution is -2.23. The van der Waals surface area contributed by atoms with Gasteiger partial charge in [-0.25, -0.2) is 4.98 Å². The number of alkyl halides is 3. The van der Waals surface area contributed by atoms with Crippen molar-refractivity contribution in [1.82, 2.24) is 15.2 Å². The molecule has 0 unspecified atom stereocenters. The first kappa shape index (κ1) is 20.1. The van der Waals surface area contributed by atoms with Gasteiger partial charge in [-0.2, -0.15) is 0 Å². The monoisotopic (exact) mass is 436 g/mol. The molecule has 0 N–H and O–H groups in total. The zero-order valence-corrected chi connectivity index (χ0v) is 16.6. The van der Waals surface area contributed by atoms with Gasteiger partial charge in [-0.1, -0.05) is 28.6 Å². The van der Waals surface area contributed by atoms with Crippen molar-refractivity contribution in [2.24, 2.45) is 5.16 Å². The van der Waals surface area contributed by atoms with Gasteiger partial charge in [-0.15, -0.1) is 23.4 Å². The van der Waals surface area contributed by atoms with Crippen LogP contribution in [0.3, 0.4) is 0 Å². The number of rotatable bonds is 4. The predicted molar refractivity (Wildman–Crippen MR) is 102 cm³/mol. The highest BCUT2D eigenvalue weighted by molar-refractivity contribution is 7.14. The zero-order chi connectivity index (χ0) is 21.4. The molecule has 0 saturated carbocycles. The van der Waals surface area contributed by atoms with Crippen LogP contribution in [0.1, 0.15) is 23.9 Å². The van der Waals surface area contributed by atoms with Gasteiger partial charge in [0.1, 0.15) is 22.2 Å². The minimum Gasteiger partial charge on any atom is -0.438 e. The lowest BCUT2D eigenvalue weighted by Gasteiger charge is -2.21. The van der Waals surface area contributed by atoms with Crippen LogP contribution in [0.4, 0.5) is 13.2 Å². The molecule has 0 bridgehead atoms. The Balaban J connectivity index is 1.40. The molecule has 7 nitrogen and oxygen atoms in total. The molecule has 4 rings (SSSR count). The number of hydrogen-bond donors (Lipinski definition) is 0. The Hall–Kier alpha value is -3.21. The van der Waals surface area contributed by atoms with Gasteiger partial charge >= 0.3 is 6.36 Å². The van der Waals surface area contributed by atoms with Crippen LogP contribution >= 0.6 is 11.3 Å². The maximum Gasteiger partial charge on any atom is 0.573 e. The first-order chi connectivity index (χ1) is 14.2. The first-order valence-corrected chi connectivity index (χ1v) is 9.58. The Morgan fingerprint density at radius 3 is 2.40 bits per heavy atom. The minimum atomic E-state index is -4.74. The Labute approximate surface area is 173 Å². The molecule has 0 saturated heterocycles. The van der Waals surface area contributed by atoms with Crippen molar-refractivity contribution in [3.8, 4) is 22.2 Å². The third-order valence-electron chi connectivity index (χ3n) is 4.25. The minimum absolute atomic E-state index is 0.295. The van der Waals surface area contributed by atoms with Crippen LogP contribution in [-0.4, -0.2) is 27.4 Å². The molecule has 2 aromatic heterocycles. The molecule has 1 aromatic carbocycles. The molecule has 0 spiro atoms. The van der Waals surface area contributed by atoms with Gasteiger partial charge in [-0.3, -0.25) is 0 Å². The summed E-state index contributed by atoms with van der Waals surface area (Å²) >= 11 is 1.44. The summed E-state index contributed by atoms with van der Waals surface area (Å²) in [6.45, 7) is 3.64. The fraction of sp³-hybridized carbons (Fsp3) is 0.263. The smallest absolute Gasteiger partial charge is 0.438 e. The molecule has 0 aliphatic carbocycles. The predicted octanol–water partition coefficient (Wildman–Crippen LogP) is 4.84. The number of ether oxygens (including phenoxy) is 2. The van der Waals surface area contributed by atoms with Crippen LogP contribution in [0, 0.1) is 6.92 Å². The summed E-state index contributed by atoms with van der Waals surface area (Å²) in [6, 6.07) is 8.97. The molecular formula is C19H15F3N4O3S. The van der Waals surface area contributed by atoms with E-state index in [-0.39, 0.29) is 5.75 Å². The highest BCUT2D eigenvalue weighted by Crippen LogP contribution is 2.36. The summed E-state index contributed by atoms with van der Waals surface area (Å²) in [7, 11) is 0. The second kappa shape index (κ2) is 7.56. The van der Waals surface area contributed by atoms with Crippen LogP contribution in [0.25, 0.3) is 10.7 Å². The van der Waals surface area contributed by atoms with Crippen molar-refractivity contribution in [2.45, 2.75) is 32.2 Å².